The zero-order chi connectivity index (χ0) is 20.4. The van der Waals surface area contributed by atoms with Crippen molar-refractivity contribution in [2.75, 3.05) is 31.5 Å². The first-order valence-corrected chi connectivity index (χ1v) is 9.14. The molecule has 1 aliphatic heterocycles. The Kier molecular flexibility index (Phi) is 6.47. The third-order valence-electron chi connectivity index (χ3n) is 4.58. The number of rotatable bonds is 4. The van der Waals surface area contributed by atoms with Crippen LogP contribution in [0.5, 0.6) is 0 Å². The van der Waals surface area contributed by atoms with E-state index < -0.39 is 24.1 Å². The molecule has 1 aromatic carbocycles. The number of carbonyl (C=O) groups is 1. The predicted molar refractivity (Wildman–Crippen MR) is 103 cm³/mol. The first-order valence-electron chi connectivity index (χ1n) is 9.14. The van der Waals surface area contributed by atoms with Crippen molar-refractivity contribution in [1.29, 1.82) is 0 Å². The van der Waals surface area contributed by atoms with Crippen LogP contribution in [0, 0.1) is 13.8 Å². The minimum absolute atomic E-state index is 0.0231. The number of hydrogen-bond donors (Lipinski definition) is 2. The van der Waals surface area contributed by atoms with Crippen LogP contribution in [-0.4, -0.2) is 49.8 Å². The molecule has 9 heteroatoms. The molecule has 1 saturated heterocycles. The number of ether oxygens (including phenoxy) is 1. The minimum atomic E-state index is -5.21. The van der Waals surface area contributed by atoms with Gasteiger partial charge in [0.2, 0.25) is 0 Å². The molecule has 152 valence electrons. The smallest absolute Gasteiger partial charge is 0.445 e. The Hall–Kier alpha value is -1.74. The molecule has 1 amide bonds. The number of piperazine rings is 1. The van der Waals surface area contributed by atoms with Crippen molar-refractivity contribution in [2.45, 2.75) is 46.8 Å². The molecule has 2 N–H and O–H groups in total. The fourth-order valence-corrected chi connectivity index (χ4v) is 3.30. The monoisotopic (exact) mass is 386 g/mol. The fourth-order valence-electron chi connectivity index (χ4n) is 3.30. The van der Waals surface area contributed by atoms with Crippen molar-refractivity contribution >= 4 is 24.2 Å². The molecule has 1 fully saturated rings. The summed E-state index contributed by atoms with van der Waals surface area (Å²) in [7, 11) is 0. The zero-order valence-corrected chi connectivity index (χ0v) is 16.6. The van der Waals surface area contributed by atoms with Gasteiger partial charge in [-0.1, -0.05) is 11.1 Å². The van der Waals surface area contributed by atoms with Crippen molar-refractivity contribution in [1.82, 2.24) is 10.2 Å². The van der Waals surface area contributed by atoms with Gasteiger partial charge in [-0.2, -0.15) is 0 Å². The van der Waals surface area contributed by atoms with E-state index in [1.165, 1.54) is 13.8 Å². The molecular weight excluding hydrogens is 358 g/mol. The van der Waals surface area contributed by atoms with Gasteiger partial charge in [0.1, 0.15) is 5.60 Å². The predicted octanol–water partition coefficient (Wildman–Crippen LogP) is 3.11. The Bertz CT molecular complexity index is 697. The lowest BCUT2D eigenvalue weighted by molar-refractivity contribution is 0.0635. The maximum absolute atomic E-state index is 13.8. The van der Waals surface area contributed by atoms with Crippen LogP contribution in [0.25, 0.3) is 0 Å². The standard InChI is InChI=1S/C18H28BF3N3O2/c1-12-14(11-25-8-6-23-7-9-25)10-15(13(2)16(12)19(20,21)22)24-17(26)27-18(3,4)5/h10,23H,6-9,11H2,1-5H3,(H,24,26)/q-1. The van der Waals surface area contributed by atoms with Gasteiger partial charge >= 0.3 is 13.1 Å². The van der Waals surface area contributed by atoms with Crippen LogP contribution < -0.4 is 16.1 Å². The summed E-state index contributed by atoms with van der Waals surface area (Å²) in [5.74, 6) is 0. The van der Waals surface area contributed by atoms with Crippen LogP contribution in [0.15, 0.2) is 6.07 Å². The molecule has 0 aliphatic carbocycles. The summed E-state index contributed by atoms with van der Waals surface area (Å²) in [5.41, 5.74) is -0.392. The van der Waals surface area contributed by atoms with Gasteiger partial charge in [0.15, 0.2) is 0 Å². The molecule has 0 atom stereocenters. The highest BCUT2D eigenvalue weighted by atomic mass is 19.4. The second kappa shape index (κ2) is 8.10. The molecule has 0 spiro atoms. The fraction of sp³-hybridized carbons (Fsp3) is 0.611. The average molecular weight is 386 g/mol. The summed E-state index contributed by atoms with van der Waals surface area (Å²) in [4.78, 5) is 14.2. The molecule has 0 bridgehead atoms. The second-order valence-corrected chi connectivity index (χ2v) is 7.97. The number of hydrogen-bond acceptors (Lipinski definition) is 4. The van der Waals surface area contributed by atoms with E-state index >= 15 is 0 Å². The SMILES string of the molecule is Cc1c(CN2CCNCC2)cc(NC(=O)OC(C)(C)C)c(C)c1[B-](F)(F)F. The number of nitrogens with zero attached hydrogens (tertiary/aromatic N) is 1. The maximum atomic E-state index is 13.8. The Balaban J connectivity index is 2.39. The average Bonchev–Trinajstić information content (AvgIpc) is 2.50. The molecule has 27 heavy (non-hydrogen) atoms. The Morgan fingerprint density at radius 1 is 1.22 bits per heavy atom. The summed E-state index contributed by atoms with van der Waals surface area (Å²) in [6.07, 6.45) is -0.761. The lowest BCUT2D eigenvalue weighted by atomic mass is 9.72. The molecule has 1 aliphatic rings. The molecule has 5 nitrogen and oxygen atoms in total. The molecule has 2 rings (SSSR count). The van der Waals surface area contributed by atoms with Crippen molar-refractivity contribution < 1.29 is 22.5 Å². The third kappa shape index (κ3) is 5.87. The number of anilines is 1. The topological polar surface area (TPSA) is 53.6 Å². The molecule has 0 aromatic heterocycles. The maximum Gasteiger partial charge on any atom is 0.510 e. The van der Waals surface area contributed by atoms with E-state index in [-0.39, 0.29) is 16.8 Å². The third-order valence-corrected chi connectivity index (χ3v) is 4.58. The highest BCUT2D eigenvalue weighted by Crippen LogP contribution is 2.26. The minimum Gasteiger partial charge on any atom is -0.445 e. The van der Waals surface area contributed by atoms with E-state index in [0.29, 0.717) is 12.1 Å². The van der Waals surface area contributed by atoms with Gasteiger partial charge in [-0.15, -0.1) is 5.46 Å². The molecule has 1 aromatic rings. The van der Waals surface area contributed by atoms with Crippen LogP contribution in [-0.2, 0) is 11.3 Å². The Labute approximate surface area is 158 Å². The van der Waals surface area contributed by atoms with E-state index in [9.17, 15) is 17.7 Å². The normalized spacial score (nSPS) is 16.3. The van der Waals surface area contributed by atoms with Gasteiger partial charge < -0.3 is 23.0 Å². The van der Waals surface area contributed by atoms with Crippen LogP contribution >= 0.6 is 0 Å². The van der Waals surface area contributed by atoms with E-state index in [1.807, 2.05) is 0 Å². The Morgan fingerprint density at radius 3 is 2.33 bits per heavy atom. The summed E-state index contributed by atoms with van der Waals surface area (Å²) in [5, 5.41) is 5.73. The number of amides is 1. The van der Waals surface area contributed by atoms with E-state index in [4.69, 9.17) is 4.74 Å². The molecule has 0 unspecified atom stereocenters. The van der Waals surface area contributed by atoms with E-state index in [2.05, 4.69) is 15.5 Å². The largest absolute Gasteiger partial charge is 0.510 e. The van der Waals surface area contributed by atoms with Gasteiger partial charge in [0, 0.05) is 38.4 Å². The number of benzene rings is 1. The van der Waals surface area contributed by atoms with E-state index in [1.54, 1.807) is 26.8 Å². The van der Waals surface area contributed by atoms with Crippen molar-refractivity contribution in [3.8, 4) is 0 Å². The summed E-state index contributed by atoms with van der Waals surface area (Å²) >= 11 is 0. The number of halogens is 3. The molecule has 0 radical (unpaired) electrons. The van der Waals surface area contributed by atoms with Crippen LogP contribution in [0.3, 0.4) is 0 Å². The van der Waals surface area contributed by atoms with Crippen molar-refractivity contribution in [3.05, 3.63) is 22.8 Å². The molecule has 1 heterocycles. The second-order valence-electron chi connectivity index (χ2n) is 7.97. The number of nitrogens with one attached hydrogen (secondary N) is 2. The zero-order valence-electron chi connectivity index (χ0n) is 16.6. The highest BCUT2D eigenvalue weighted by Gasteiger charge is 2.32. The van der Waals surface area contributed by atoms with Gasteiger partial charge in [0.05, 0.1) is 0 Å². The quantitative estimate of drug-likeness (QED) is 0.781. The van der Waals surface area contributed by atoms with Gasteiger partial charge in [0.25, 0.3) is 0 Å². The highest BCUT2D eigenvalue weighted by molar-refractivity contribution is 6.74. The first kappa shape index (κ1) is 21.6. The lowest BCUT2D eigenvalue weighted by Gasteiger charge is -2.31. The van der Waals surface area contributed by atoms with E-state index in [0.717, 1.165) is 26.2 Å². The van der Waals surface area contributed by atoms with Gasteiger partial charge in [-0.25, -0.2) is 4.79 Å². The lowest BCUT2D eigenvalue weighted by Crippen LogP contribution is -2.44. The number of carbonyl (C=O) groups excluding carboxylic acids is 1. The van der Waals surface area contributed by atoms with Crippen molar-refractivity contribution in [3.63, 3.8) is 0 Å². The first-order chi connectivity index (χ1) is 12.4. The molecular formula is C18H28BF3N3O2-. The van der Waals surface area contributed by atoms with Gasteiger partial charge in [-0.05, 0) is 46.2 Å². The molecule has 0 saturated carbocycles. The van der Waals surface area contributed by atoms with Crippen LogP contribution in [0.4, 0.5) is 23.4 Å². The van der Waals surface area contributed by atoms with Gasteiger partial charge in [-0.3, -0.25) is 10.2 Å². The summed E-state index contributed by atoms with van der Waals surface area (Å²) in [6.45, 7) is 6.37. The van der Waals surface area contributed by atoms with Crippen LogP contribution in [0.1, 0.15) is 37.5 Å². The summed E-state index contributed by atoms with van der Waals surface area (Å²) in [6, 6.07) is 1.64. The summed E-state index contributed by atoms with van der Waals surface area (Å²) < 4.78 is 46.5. The van der Waals surface area contributed by atoms with Crippen molar-refractivity contribution in [2.24, 2.45) is 0 Å². The van der Waals surface area contributed by atoms with Crippen LogP contribution in [0.2, 0.25) is 0 Å². The Morgan fingerprint density at radius 2 is 1.81 bits per heavy atom.